The van der Waals surface area contributed by atoms with E-state index in [9.17, 15) is 4.79 Å². The van der Waals surface area contributed by atoms with Crippen molar-refractivity contribution in [3.8, 4) is 0 Å². The van der Waals surface area contributed by atoms with Gasteiger partial charge in [-0.1, -0.05) is 31.2 Å². The quantitative estimate of drug-likeness (QED) is 0.800. The lowest BCUT2D eigenvalue weighted by atomic mass is 10.1. The van der Waals surface area contributed by atoms with Crippen molar-refractivity contribution < 1.29 is 9.90 Å². The first-order valence-corrected chi connectivity index (χ1v) is 5.77. The fourth-order valence-corrected chi connectivity index (χ4v) is 1.92. The normalized spacial score (nSPS) is 10.0. The smallest absolute Gasteiger partial charge is 0.417 e. The van der Waals surface area contributed by atoms with Crippen molar-refractivity contribution in [2.75, 3.05) is 5.75 Å². The van der Waals surface area contributed by atoms with Crippen LogP contribution in [0.5, 0.6) is 0 Å². The lowest BCUT2D eigenvalue weighted by molar-refractivity contribution is 0.174. The van der Waals surface area contributed by atoms with Crippen LogP contribution in [0.1, 0.15) is 18.1 Å². The van der Waals surface area contributed by atoms with Crippen molar-refractivity contribution in [3.63, 3.8) is 0 Å². The highest BCUT2D eigenvalue weighted by Gasteiger charge is 2.12. The number of carboxylic acid groups (broad SMARTS) is 1. The molecule has 0 aliphatic rings. The predicted molar refractivity (Wildman–Crippen MR) is 62.9 cm³/mol. The van der Waals surface area contributed by atoms with Gasteiger partial charge in [0, 0.05) is 5.75 Å². The molecule has 1 N–H and O–H groups in total. The van der Waals surface area contributed by atoms with Crippen molar-refractivity contribution in [3.05, 3.63) is 35.4 Å². The minimum atomic E-state index is -0.884. The molecule has 1 rings (SSSR count). The zero-order valence-electron chi connectivity index (χ0n) is 8.93. The van der Waals surface area contributed by atoms with Gasteiger partial charge in [-0.2, -0.15) is 0 Å². The van der Waals surface area contributed by atoms with E-state index < -0.39 is 6.09 Å². The van der Waals surface area contributed by atoms with Gasteiger partial charge in [0.15, 0.2) is 0 Å². The van der Waals surface area contributed by atoms with Crippen LogP contribution in [0.4, 0.5) is 4.79 Å². The summed E-state index contributed by atoms with van der Waals surface area (Å²) in [5, 5.41) is 8.96. The Kier molecular flexibility index (Phi) is 4.49. The fourth-order valence-electron chi connectivity index (χ4n) is 1.27. The molecule has 0 unspecified atom stereocenters. The van der Waals surface area contributed by atoms with E-state index in [1.54, 1.807) is 0 Å². The molecule has 0 atom stereocenters. The van der Waals surface area contributed by atoms with Gasteiger partial charge in [-0.3, -0.25) is 0 Å². The first-order valence-electron chi connectivity index (χ1n) is 4.83. The summed E-state index contributed by atoms with van der Waals surface area (Å²) in [5.74, 6) is 0.762. The highest BCUT2D eigenvalue weighted by molar-refractivity contribution is 7.97. The summed E-state index contributed by atoms with van der Waals surface area (Å²) in [7, 11) is 0. The van der Waals surface area contributed by atoms with Crippen molar-refractivity contribution in [2.45, 2.75) is 20.4 Å². The highest BCUT2D eigenvalue weighted by Crippen LogP contribution is 2.17. The second-order valence-electron chi connectivity index (χ2n) is 3.16. The van der Waals surface area contributed by atoms with Gasteiger partial charge in [-0.05, 0) is 30.0 Å². The number of benzene rings is 1. The third kappa shape index (κ3) is 3.47. The largest absolute Gasteiger partial charge is 0.464 e. The maximum atomic E-state index is 10.9. The van der Waals surface area contributed by atoms with Crippen LogP contribution in [-0.2, 0) is 6.54 Å². The predicted octanol–water partition coefficient (Wildman–Crippen LogP) is 3.14. The van der Waals surface area contributed by atoms with Crippen molar-refractivity contribution in [1.29, 1.82) is 0 Å². The van der Waals surface area contributed by atoms with Gasteiger partial charge in [0.1, 0.15) is 0 Å². The first kappa shape index (κ1) is 11.9. The molecule has 0 aliphatic heterocycles. The van der Waals surface area contributed by atoms with E-state index in [1.165, 1.54) is 16.3 Å². The Balaban J connectivity index is 2.74. The molecule has 0 spiro atoms. The van der Waals surface area contributed by atoms with Crippen LogP contribution in [0.15, 0.2) is 24.3 Å². The lowest BCUT2D eigenvalue weighted by Crippen LogP contribution is -2.22. The number of hydrogen-bond donors (Lipinski definition) is 1. The van der Waals surface area contributed by atoms with Crippen LogP contribution in [0.3, 0.4) is 0 Å². The van der Waals surface area contributed by atoms with E-state index in [-0.39, 0.29) is 0 Å². The molecule has 1 amide bonds. The van der Waals surface area contributed by atoms with Gasteiger partial charge in [0.25, 0.3) is 0 Å². The zero-order valence-corrected chi connectivity index (χ0v) is 9.75. The van der Waals surface area contributed by atoms with E-state index in [1.807, 2.05) is 38.1 Å². The average molecular weight is 225 g/mol. The van der Waals surface area contributed by atoms with Crippen LogP contribution in [0, 0.1) is 6.92 Å². The Hall–Kier alpha value is -1.16. The van der Waals surface area contributed by atoms with Crippen LogP contribution in [-0.4, -0.2) is 21.3 Å². The second-order valence-corrected chi connectivity index (χ2v) is 4.44. The summed E-state index contributed by atoms with van der Waals surface area (Å²) in [6, 6.07) is 7.84. The maximum absolute atomic E-state index is 10.9. The average Bonchev–Trinajstić information content (AvgIpc) is 2.20. The van der Waals surface area contributed by atoms with Gasteiger partial charge >= 0.3 is 6.09 Å². The highest BCUT2D eigenvalue weighted by atomic mass is 32.2. The number of hydrogen-bond acceptors (Lipinski definition) is 2. The second kappa shape index (κ2) is 5.66. The Morgan fingerprint density at radius 3 is 2.67 bits per heavy atom. The maximum Gasteiger partial charge on any atom is 0.417 e. The summed E-state index contributed by atoms with van der Waals surface area (Å²) in [6.07, 6.45) is -0.884. The third-order valence-corrected chi connectivity index (χ3v) is 2.93. The SMILES string of the molecule is CCSN(Cc1ccccc1C)C(=O)O. The molecular formula is C11H15NO2S. The lowest BCUT2D eigenvalue weighted by Gasteiger charge is -2.17. The number of rotatable bonds is 4. The minimum Gasteiger partial charge on any atom is -0.464 e. The van der Waals surface area contributed by atoms with Gasteiger partial charge in [0.2, 0.25) is 0 Å². The topological polar surface area (TPSA) is 40.5 Å². The van der Waals surface area contributed by atoms with Crippen LogP contribution in [0.2, 0.25) is 0 Å². The molecule has 82 valence electrons. The molecule has 0 fully saturated rings. The van der Waals surface area contributed by atoms with E-state index in [4.69, 9.17) is 5.11 Å². The molecule has 0 saturated carbocycles. The van der Waals surface area contributed by atoms with Gasteiger partial charge in [-0.25, -0.2) is 9.10 Å². The first-order chi connectivity index (χ1) is 7.15. The number of amides is 1. The van der Waals surface area contributed by atoms with E-state index >= 15 is 0 Å². The minimum absolute atomic E-state index is 0.445. The van der Waals surface area contributed by atoms with Crippen LogP contribution >= 0.6 is 11.9 Å². The molecule has 0 bridgehead atoms. The molecule has 0 aromatic heterocycles. The summed E-state index contributed by atoms with van der Waals surface area (Å²) in [4.78, 5) is 10.9. The summed E-state index contributed by atoms with van der Waals surface area (Å²) in [5.41, 5.74) is 2.18. The molecule has 1 aromatic carbocycles. The monoisotopic (exact) mass is 225 g/mol. The van der Waals surface area contributed by atoms with Crippen LogP contribution < -0.4 is 0 Å². The number of nitrogens with zero attached hydrogens (tertiary/aromatic N) is 1. The summed E-state index contributed by atoms with van der Waals surface area (Å²) in [6.45, 7) is 4.38. The number of carbonyl (C=O) groups is 1. The summed E-state index contributed by atoms with van der Waals surface area (Å²) >= 11 is 1.32. The Labute approximate surface area is 94.2 Å². The van der Waals surface area contributed by atoms with Gasteiger partial charge < -0.3 is 5.11 Å². The van der Waals surface area contributed by atoms with Crippen molar-refractivity contribution >= 4 is 18.0 Å². The molecule has 0 radical (unpaired) electrons. The van der Waals surface area contributed by atoms with E-state index in [2.05, 4.69) is 0 Å². The fraction of sp³-hybridized carbons (Fsp3) is 0.364. The Bertz CT molecular complexity index is 341. The molecule has 1 aromatic rings. The molecule has 0 heterocycles. The Morgan fingerprint density at radius 1 is 1.47 bits per heavy atom. The van der Waals surface area contributed by atoms with Crippen molar-refractivity contribution in [1.82, 2.24) is 4.31 Å². The summed E-state index contributed by atoms with van der Waals surface area (Å²) < 4.78 is 1.36. The third-order valence-electron chi connectivity index (χ3n) is 2.07. The molecule has 0 saturated heterocycles. The van der Waals surface area contributed by atoms with E-state index in [0.29, 0.717) is 6.54 Å². The molecular weight excluding hydrogens is 210 g/mol. The standard InChI is InChI=1S/C11H15NO2S/c1-3-15-12(11(13)14)8-10-7-5-4-6-9(10)2/h4-7H,3,8H2,1-2H3,(H,13,14). The zero-order chi connectivity index (χ0) is 11.3. The van der Waals surface area contributed by atoms with Crippen molar-refractivity contribution in [2.24, 2.45) is 0 Å². The number of aryl methyl sites for hydroxylation is 1. The molecule has 4 heteroatoms. The van der Waals surface area contributed by atoms with Crippen LogP contribution in [0.25, 0.3) is 0 Å². The van der Waals surface area contributed by atoms with Gasteiger partial charge in [-0.15, -0.1) is 0 Å². The van der Waals surface area contributed by atoms with Gasteiger partial charge in [0.05, 0.1) is 6.54 Å². The van der Waals surface area contributed by atoms with E-state index in [0.717, 1.165) is 16.9 Å². The molecule has 3 nitrogen and oxygen atoms in total. The molecule has 0 aliphatic carbocycles. The Morgan fingerprint density at radius 2 is 2.13 bits per heavy atom. The molecule has 15 heavy (non-hydrogen) atoms.